The van der Waals surface area contributed by atoms with Crippen molar-refractivity contribution in [3.63, 3.8) is 0 Å². The zero-order valence-electron chi connectivity index (χ0n) is 19.9. The van der Waals surface area contributed by atoms with Crippen molar-refractivity contribution < 1.29 is 18.0 Å². The quantitative estimate of drug-likeness (QED) is 0.668. The van der Waals surface area contributed by atoms with Gasteiger partial charge in [0.2, 0.25) is 15.9 Å². The molecule has 7 nitrogen and oxygen atoms in total. The average Bonchev–Trinajstić information content (AvgIpc) is 3.09. The molecule has 182 valence electrons. The van der Waals surface area contributed by atoms with Crippen LogP contribution in [-0.4, -0.2) is 66.6 Å². The van der Waals surface area contributed by atoms with Crippen LogP contribution in [0.5, 0.6) is 0 Å². The summed E-state index contributed by atoms with van der Waals surface area (Å²) in [7, 11) is -3.50. The molecule has 34 heavy (non-hydrogen) atoms. The minimum atomic E-state index is -3.50. The summed E-state index contributed by atoms with van der Waals surface area (Å²) >= 11 is 0. The lowest BCUT2D eigenvalue weighted by Gasteiger charge is -2.37. The molecule has 2 aromatic carbocycles. The summed E-state index contributed by atoms with van der Waals surface area (Å²) in [5.74, 6) is -0.0184. The molecule has 0 N–H and O–H groups in total. The number of nitrogens with zero attached hydrogens (tertiary/aromatic N) is 3. The summed E-state index contributed by atoms with van der Waals surface area (Å²) in [6, 6.07) is 16.6. The first-order chi connectivity index (χ1) is 16.3. The molecule has 0 radical (unpaired) electrons. The summed E-state index contributed by atoms with van der Waals surface area (Å²) in [6.07, 6.45) is 2.19. The molecule has 2 amide bonds. The Kier molecular flexibility index (Phi) is 7.38. The smallest absolute Gasteiger partial charge is 0.253 e. The van der Waals surface area contributed by atoms with E-state index in [1.54, 1.807) is 33.2 Å². The zero-order valence-corrected chi connectivity index (χ0v) is 20.7. The van der Waals surface area contributed by atoms with Gasteiger partial charge in [0, 0.05) is 51.3 Å². The maximum absolute atomic E-state index is 13.5. The molecule has 2 heterocycles. The van der Waals surface area contributed by atoms with Crippen molar-refractivity contribution in [2.75, 3.05) is 26.2 Å². The van der Waals surface area contributed by atoms with Gasteiger partial charge in [0.25, 0.3) is 5.91 Å². The molecule has 0 aliphatic carbocycles. The van der Waals surface area contributed by atoms with E-state index in [4.69, 9.17) is 0 Å². The third-order valence-corrected chi connectivity index (χ3v) is 9.33. The maximum Gasteiger partial charge on any atom is 0.253 e. The summed E-state index contributed by atoms with van der Waals surface area (Å²) in [6.45, 7) is 6.16. The van der Waals surface area contributed by atoms with Gasteiger partial charge in [-0.15, -0.1) is 0 Å². The summed E-state index contributed by atoms with van der Waals surface area (Å²) < 4.78 is 28.5. The Morgan fingerprint density at radius 3 is 2.21 bits per heavy atom. The number of carbonyl (C=O) groups excluding carboxylic acids is 2. The molecular formula is C26H33N3O4S. The van der Waals surface area contributed by atoms with E-state index in [-0.39, 0.29) is 17.9 Å². The lowest BCUT2D eigenvalue weighted by molar-refractivity contribution is -0.128. The fourth-order valence-corrected chi connectivity index (χ4v) is 7.10. The lowest BCUT2D eigenvalue weighted by Crippen LogP contribution is -2.44. The lowest BCUT2D eigenvalue weighted by atomic mass is 10.0. The predicted molar refractivity (Wildman–Crippen MR) is 132 cm³/mol. The van der Waals surface area contributed by atoms with Crippen molar-refractivity contribution >= 4 is 21.8 Å². The summed E-state index contributed by atoms with van der Waals surface area (Å²) in [5, 5.41) is -0.525. The minimum absolute atomic E-state index is 0.0371. The normalized spacial score (nSPS) is 23.4. The van der Waals surface area contributed by atoms with Gasteiger partial charge in [0.05, 0.1) is 0 Å². The molecule has 2 fully saturated rings. The highest BCUT2D eigenvalue weighted by molar-refractivity contribution is 7.89. The molecule has 0 saturated carbocycles. The van der Waals surface area contributed by atoms with Crippen molar-refractivity contribution in [2.24, 2.45) is 0 Å². The SMILES string of the molecule is CC(=O)N1CCCN(C(=O)c2ccc(CN3[C@@H](C)CCC(c4ccccc4)S3(=O)=O)cc2)CC1. The van der Waals surface area contributed by atoms with Crippen molar-refractivity contribution in [1.82, 2.24) is 14.1 Å². The zero-order chi connectivity index (χ0) is 24.3. The van der Waals surface area contributed by atoms with Gasteiger partial charge >= 0.3 is 0 Å². The second kappa shape index (κ2) is 10.3. The van der Waals surface area contributed by atoms with E-state index in [0.717, 1.165) is 24.0 Å². The fourth-order valence-electron chi connectivity index (χ4n) is 4.90. The van der Waals surface area contributed by atoms with Crippen LogP contribution in [0.15, 0.2) is 54.6 Å². The van der Waals surface area contributed by atoms with Crippen LogP contribution < -0.4 is 0 Å². The number of amides is 2. The van der Waals surface area contributed by atoms with Gasteiger partial charge in [-0.1, -0.05) is 42.5 Å². The molecule has 2 aromatic rings. The topological polar surface area (TPSA) is 78.0 Å². The van der Waals surface area contributed by atoms with Crippen molar-refractivity contribution in [2.45, 2.75) is 50.9 Å². The second-order valence-corrected chi connectivity index (χ2v) is 11.3. The summed E-state index contributed by atoms with van der Waals surface area (Å²) in [4.78, 5) is 28.2. The van der Waals surface area contributed by atoms with Gasteiger partial charge in [-0.2, -0.15) is 4.31 Å². The largest absolute Gasteiger partial charge is 0.341 e. The molecule has 0 aromatic heterocycles. The van der Waals surface area contributed by atoms with Crippen LogP contribution in [0.3, 0.4) is 0 Å². The number of rotatable bonds is 4. The highest BCUT2D eigenvalue weighted by Crippen LogP contribution is 2.38. The maximum atomic E-state index is 13.5. The van der Waals surface area contributed by atoms with Gasteiger partial charge in [0.1, 0.15) is 5.25 Å². The van der Waals surface area contributed by atoms with Crippen molar-refractivity contribution in [1.29, 1.82) is 0 Å². The van der Waals surface area contributed by atoms with Gasteiger partial charge in [-0.05, 0) is 49.4 Å². The fraction of sp³-hybridized carbons (Fsp3) is 0.462. The molecule has 2 atom stereocenters. The third-order valence-electron chi connectivity index (χ3n) is 6.96. The van der Waals surface area contributed by atoms with Crippen LogP contribution in [0, 0.1) is 0 Å². The monoisotopic (exact) mass is 483 g/mol. The number of benzene rings is 2. The Morgan fingerprint density at radius 2 is 1.53 bits per heavy atom. The van der Waals surface area contributed by atoms with Crippen molar-refractivity contribution in [3.05, 3.63) is 71.3 Å². The number of hydrogen-bond acceptors (Lipinski definition) is 4. The van der Waals surface area contributed by atoms with Crippen LogP contribution >= 0.6 is 0 Å². The molecule has 2 aliphatic rings. The Labute approximate surface area is 202 Å². The van der Waals surface area contributed by atoms with Crippen LogP contribution in [0.4, 0.5) is 0 Å². The molecule has 2 aliphatic heterocycles. The third kappa shape index (κ3) is 5.18. The molecule has 1 unspecified atom stereocenters. The number of hydrogen-bond donors (Lipinski definition) is 0. The van der Waals surface area contributed by atoms with E-state index in [2.05, 4.69) is 0 Å². The van der Waals surface area contributed by atoms with Gasteiger partial charge in [-0.3, -0.25) is 9.59 Å². The highest BCUT2D eigenvalue weighted by Gasteiger charge is 2.40. The molecule has 8 heteroatoms. The molecular weight excluding hydrogens is 450 g/mol. The van der Waals surface area contributed by atoms with E-state index in [1.165, 1.54) is 0 Å². The Balaban J connectivity index is 1.45. The average molecular weight is 484 g/mol. The first kappa shape index (κ1) is 24.4. The van der Waals surface area contributed by atoms with E-state index in [0.29, 0.717) is 44.7 Å². The minimum Gasteiger partial charge on any atom is -0.341 e. The van der Waals surface area contributed by atoms with E-state index < -0.39 is 15.3 Å². The highest BCUT2D eigenvalue weighted by atomic mass is 32.2. The van der Waals surface area contributed by atoms with Gasteiger partial charge in [-0.25, -0.2) is 8.42 Å². The number of carbonyl (C=O) groups is 2. The Morgan fingerprint density at radius 1 is 0.882 bits per heavy atom. The molecule has 0 bridgehead atoms. The predicted octanol–water partition coefficient (Wildman–Crippen LogP) is 3.44. The first-order valence-corrected chi connectivity index (χ1v) is 13.5. The first-order valence-electron chi connectivity index (χ1n) is 12.0. The molecule has 2 saturated heterocycles. The van der Waals surface area contributed by atoms with Crippen LogP contribution in [-0.2, 0) is 21.4 Å². The Hall–Kier alpha value is -2.71. The van der Waals surface area contributed by atoms with Crippen LogP contribution in [0.25, 0.3) is 0 Å². The van der Waals surface area contributed by atoms with E-state index >= 15 is 0 Å². The molecule has 4 rings (SSSR count). The van der Waals surface area contributed by atoms with Crippen LogP contribution in [0.2, 0.25) is 0 Å². The van der Waals surface area contributed by atoms with Gasteiger partial charge < -0.3 is 9.80 Å². The standard InChI is InChI=1S/C26H33N3O4S/c1-20-9-14-25(23-7-4-3-5-8-23)34(32,33)29(20)19-22-10-12-24(13-11-22)26(31)28-16-6-15-27(17-18-28)21(2)30/h3-5,7-8,10-13,20,25H,6,9,14-19H2,1-2H3/t20-,25?/m0/s1. The molecule has 0 spiro atoms. The van der Waals surface area contributed by atoms with Crippen molar-refractivity contribution in [3.8, 4) is 0 Å². The van der Waals surface area contributed by atoms with Gasteiger partial charge in [0.15, 0.2) is 0 Å². The van der Waals surface area contributed by atoms with Crippen LogP contribution in [0.1, 0.15) is 59.8 Å². The number of sulfonamides is 1. The second-order valence-electron chi connectivity index (χ2n) is 9.26. The van der Waals surface area contributed by atoms with E-state index in [9.17, 15) is 18.0 Å². The Bertz CT molecular complexity index is 1120. The van der Waals surface area contributed by atoms with E-state index in [1.807, 2.05) is 49.4 Å². The summed E-state index contributed by atoms with van der Waals surface area (Å²) in [5.41, 5.74) is 2.28.